The second-order valence-corrected chi connectivity index (χ2v) is 4.65. The van der Waals surface area contributed by atoms with E-state index in [2.05, 4.69) is 10.4 Å². The average Bonchev–Trinajstić information content (AvgIpc) is 3.05. The molecule has 100 valence electrons. The molecule has 18 heavy (non-hydrogen) atoms. The number of carbonyl (C=O) groups is 1. The van der Waals surface area contributed by atoms with E-state index < -0.39 is 12.1 Å². The first-order valence-electron chi connectivity index (χ1n) is 5.85. The lowest BCUT2D eigenvalue weighted by Crippen LogP contribution is -2.28. The minimum Gasteiger partial charge on any atom is -0.355 e. The van der Waals surface area contributed by atoms with Crippen molar-refractivity contribution in [1.82, 2.24) is 15.1 Å². The van der Waals surface area contributed by atoms with Gasteiger partial charge >= 0.3 is 0 Å². The summed E-state index contributed by atoms with van der Waals surface area (Å²) in [6.07, 6.45) is -0.905. The van der Waals surface area contributed by atoms with Gasteiger partial charge in [0.2, 0.25) is 5.91 Å². The molecular weight excluding hydrogens is 264 g/mol. The first-order chi connectivity index (χ1) is 8.54. The molecular formula is C11H14ClF2N3O. The Kier molecular flexibility index (Phi) is 3.85. The van der Waals surface area contributed by atoms with E-state index >= 15 is 0 Å². The van der Waals surface area contributed by atoms with Crippen molar-refractivity contribution in [2.45, 2.75) is 38.7 Å². The van der Waals surface area contributed by atoms with Gasteiger partial charge in [-0.2, -0.15) is 5.10 Å². The fourth-order valence-electron chi connectivity index (χ4n) is 1.87. The minimum absolute atomic E-state index is 0.0109. The van der Waals surface area contributed by atoms with E-state index in [-0.39, 0.29) is 23.4 Å². The number of nitrogens with one attached hydrogen (secondary N) is 1. The largest absolute Gasteiger partial charge is 0.355 e. The van der Waals surface area contributed by atoms with Gasteiger partial charge in [-0.3, -0.25) is 9.48 Å². The van der Waals surface area contributed by atoms with Gasteiger partial charge in [-0.1, -0.05) is 11.6 Å². The Hall–Kier alpha value is -1.17. The molecule has 1 aliphatic rings. The van der Waals surface area contributed by atoms with Crippen LogP contribution in [0.2, 0.25) is 5.02 Å². The van der Waals surface area contributed by atoms with Crippen molar-refractivity contribution in [1.29, 1.82) is 0 Å². The highest BCUT2D eigenvalue weighted by Gasteiger charge is 2.34. The Balaban J connectivity index is 2.27. The lowest BCUT2D eigenvalue weighted by atomic mass is 10.2. The minimum atomic E-state index is -2.72. The lowest BCUT2D eigenvalue weighted by molar-refractivity contribution is -0.121. The summed E-state index contributed by atoms with van der Waals surface area (Å²) in [6, 6.07) is 0. The van der Waals surface area contributed by atoms with Gasteiger partial charge in [-0.05, 0) is 19.8 Å². The molecule has 1 aliphatic carbocycles. The van der Waals surface area contributed by atoms with Crippen LogP contribution in [0.25, 0.3) is 0 Å². The summed E-state index contributed by atoms with van der Waals surface area (Å²) in [6.45, 7) is 2.22. The van der Waals surface area contributed by atoms with E-state index in [0.717, 1.165) is 12.8 Å². The quantitative estimate of drug-likeness (QED) is 0.899. The number of rotatable bonds is 5. The maximum Gasteiger partial charge on any atom is 0.283 e. The van der Waals surface area contributed by atoms with Crippen molar-refractivity contribution >= 4 is 17.5 Å². The molecule has 0 aliphatic heterocycles. The second-order valence-electron chi connectivity index (χ2n) is 4.27. The molecule has 1 saturated carbocycles. The predicted octanol–water partition coefficient (Wildman–Crippen LogP) is 2.49. The van der Waals surface area contributed by atoms with Crippen LogP contribution < -0.4 is 5.32 Å². The Morgan fingerprint density at radius 1 is 1.61 bits per heavy atom. The smallest absolute Gasteiger partial charge is 0.283 e. The fourth-order valence-corrected chi connectivity index (χ4v) is 2.24. The Morgan fingerprint density at radius 2 is 2.28 bits per heavy atom. The molecule has 1 aromatic rings. The molecule has 0 unspecified atom stereocenters. The maximum atomic E-state index is 12.7. The van der Waals surface area contributed by atoms with E-state index in [9.17, 15) is 13.6 Å². The van der Waals surface area contributed by atoms with Crippen LogP contribution in [0.5, 0.6) is 0 Å². The molecule has 0 aromatic carbocycles. The van der Waals surface area contributed by atoms with E-state index in [1.165, 1.54) is 4.68 Å². The molecule has 0 spiro atoms. The number of aromatic nitrogens is 2. The predicted molar refractivity (Wildman–Crippen MR) is 62.9 cm³/mol. The number of hydrogen-bond donors (Lipinski definition) is 1. The number of halogens is 3. The van der Waals surface area contributed by atoms with Crippen LogP contribution >= 0.6 is 11.6 Å². The van der Waals surface area contributed by atoms with Crippen LogP contribution in [0.1, 0.15) is 43.5 Å². The van der Waals surface area contributed by atoms with Gasteiger partial charge in [0.05, 0.1) is 10.7 Å². The standard InChI is InChI=1S/C11H14ClF2N3O/c1-2-15-7(18)5-17-10(6-3-4-6)8(12)9(16-17)11(13)14/h6,11H,2-5H2,1H3,(H,15,18). The van der Waals surface area contributed by atoms with Crippen LogP contribution in [0.15, 0.2) is 0 Å². The first kappa shape index (κ1) is 13.3. The number of carbonyl (C=O) groups excluding carboxylic acids is 1. The first-order valence-corrected chi connectivity index (χ1v) is 6.23. The molecule has 1 amide bonds. The topological polar surface area (TPSA) is 46.9 Å². The highest BCUT2D eigenvalue weighted by atomic mass is 35.5. The monoisotopic (exact) mass is 277 g/mol. The molecule has 2 rings (SSSR count). The van der Waals surface area contributed by atoms with Gasteiger partial charge < -0.3 is 5.32 Å². The van der Waals surface area contributed by atoms with Crippen molar-refractivity contribution in [3.05, 3.63) is 16.4 Å². The van der Waals surface area contributed by atoms with Crippen LogP contribution in [-0.2, 0) is 11.3 Å². The summed E-state index contributed by atoms with van der Waals surface area (Å²) >= 11 is 5.92. The molecule has 1 aromatic heterocycles. The molecule has 1 fully saturated rings. The van der Waals surface area contributed by atoms with Gasteiger partial charge in [-0.25, -0.2) is 8.78 Å². The average molecular weight is 278 g/mol. The molecule has 7 heteroatoms. The van der Waals surface area contributed by atoms with Crippen LogP contribution in [0.4, 0.5) is 8.78 Å². The normalized spacial score (nSPS) is 15.2. The highest BCUT2D eigenvalue weighted by molar-refractivity contribution is 6.32. The zero-order chi connectivity index (χ0) is 13.3. The summed E-state index contributed by atoms with van der Waals surface area (Å²) in [5.41, 5.74) is 0.140. The molecule has 0 atom stereocenters. The zero-order valence-electron chi connectivity index (χ0n) is 9.92. The summed E-state index contributed by atoms with van der Waals surface area (Å²) < 4.78 is 26.8. The molecule has 0 saturated heterocycles. The molecule has 1 N–H and O–H groups in total. The van der Waals surface area contributed by atoms with Crippen LogP contribution in [0.3, 0.4) is 0 Å². The van der Waals surface area contributed by atoms with Gasteiger partial charge in [-0.15, -0.1) is 0 Å². The second kappa shape index (κ2) is 5.22. The molecule has 0 radical (unpaired) electrons. The third-order valence-electron chi connectivity index (χ3n) is 2.79. The summed E-state index contributed by atoms with van der Waals surface area (Å²) in [7, 11) is 0. The van der Waals surface area contributed by atoms with Crippen LogP contribution in [0, 0.1) is 0 Å². The van der Waals surface area contributed by atoms with E-state index in [4.69, 9.17) is 11.6 Å². The van der Waals surface area contributed by atoms with Gasteiger partial charge in [0.15, 0.2) is 0 Å². The third-order valence-corrected chi connectivity index (χ3v) is 3.18. The molecule has 0 bridgehead atoms. The van der Waals surface area contributed by atoms with Gasteiger partial charge in [0, 0.05) is 12.5 Å². The summed E-state index contributed by atoms with van der Waals surface area (Å²) in [5.74, 6) is -0.0914. The van der Waals surface area contributed by atoms with E-state index in [1.54, 1.807) is 6.92 Å². The molecule has 4 nitrogen and oxygen atoms in total. The van der Waals surface area contributed by atoms with E-state index in [0.29, 0.717) is 12.2 Å². The number of alkyl halides is 2. The van der Waals surface area contributed by atoms with Gasteiger partial charge in [0.25, 0.3) is 6.43 Å². The number of nitrogens with zero attached hydrogens (tertiary/aromatic N) is 2. The Morgan fingerprint density at radius 3 is 2.78 bits per heavy atom. The Bertz CT molecular complexity index is 457. The summed E-state index contributed by atoms with van der Waals surface area (Å²) in [4.78, 5) is 11.5. The third kappa shape index (κ3) is 2.63. The fraction of sp³-hybridized carbons (Fsp3) is 0.636. The van der Waals surface area contributed by atoms with Crippen molar-refractivity contribution < 1.29 is 13.6 Å². The lowest BCUT2D eigenvalue weighted by Gasteiger charge is -2.06. The maximum absolute atomic E-state index is 12.7. The van der Waals surface area contributed by atoms with Crippen molar-refractivity contribution in [2.24, 2.45) is 0 Å². The van der Waals surface area contributed by atoms with Crippen molar-refractivity contribution in [3.8, 4) is 0 Å². The van der Waals surface area contributed by atoms with Crippen LogP contribution in [-0.4, -0.2) is 22.2 Å². The van der Waals surface area contributed by atoms with E-state index in [1.807, 2.05) is 0 Å². The SMILES string of the molecule is CCNC(=O)Cn1nc(C(F)F)c(Cl)c1C1CC1. The number of hydrogen-bond acceptors (Lipinski definition) is 2. The highest BCUT2D eigenvalue weighted by Crippen LogP contribution is 2.45. The number of amides is 1. The Labute approximate surface area is 108 Å². The van der Waals surface area contributed by atoms with Crippen molar-refractivity contribution in [2.75, 3.05) is 6.54 Å². The van der Waals surface area contributed by atoms with Gasteiger partial charge in [0.1, 0.15) is 12.2 Å². The number of likely N-dealkylation sites (N-methyl/N-ethyl adjacent to an activating group) is 1. The zero-order valence-corrected chi connectivity index (χ0v) is 10.7. The van der Waals surface area contributed by atoms with Crippen molar-refractivity contribution in [3.63, 3.8) is 0 Å². The molecule has 1 heterocycles. The summed E-state index contributed by atoms with van der Waals surface area (Å²) in [5, 5.41) is 6.39.